The average Bonchev–Trinajstić information content (AvgIpc) is 2.78. The molecule has 2 N–H and O–H groups in total. The maximum Gasteiger partial charge on any atom is 0.309 e. The van der Waals surface area contributed by atoms with E-state index in [9.17, 15) is 24.6 Å². The van der Waals surface area contributed by atoms with E-state index < -0.39 is 11.4 Å². The molecule has 2 rings (SSSR count). The second-order valence-corrected chi connectivity index (χ2v) is 13.0. The SMILES string of the molecule is CCC(C)(CO)CCCc1cc(=O)cc(CCCc2cc(=O)cc(CCCC(C)(C)C(=O)O)s2)s1. The fourth-order valence-electron chi connectivity index (χ4n) is 3.97. The molecular formula is C28H40O5S2. The molecule has 2 aromatic heterocycles. The van der Waals surface area contributed by atoms with Gasteiger partial charge in [-0.1, -0.05) is 13.8 Å². The quantitative estimate of drug-likeness (QED) is 0.306. The van der Waals surface area contributed by atoms with Crippen molar-refractivity contribution in [1.29, 1.82) is 0 Å². The largest absolute Gasteiger partial charge is 0.481 e. The highest BCUT2D eigenvalue weighted by Gasteiger charge is 2.26. The molecule has 0 amide bonds. The van der Waals surface area contributed by atoms with Crippen molar-refractivity contribution in [1.82, 2.24) is 0 Å². The zero-order valence-electron chi connectivity index (χ0n) is 21.5. The Hall–Kier alpha value is -1.83. The van der Waals surface area contributed by atoms with Crippen molar-refractivity contribution < 1.29 is 15.0 Å². The molecule has 0 aliphatic rings. The predicted octanol–water partition coefficient (Wildman–Crippen LogP) is 5.87. The zero-order valence-corrected chi connectivity index (χ0v) is 23.2. The Morgan fingerprint density at radius 2 is 1.17 bits per heavy atom. The van der Waals surface area contributed by atoms with Crippen LogP contribution in [0.15, 0.2) is 33.9 Å². The minimum Gasteiger partial charge on any atom is -0.481 e. The minimum absolute atomic E-state index is 0.000132. The highest BCUT2D eigenvalue weighted by molar-refractivity contribution is 7.11. The molecule has 0 saturated heterocycles. The van der Waals surface area contributed by atoms with Crippen LogP contribution in [0, 0.1) is 10.8 Å². The van der Waals surface area contributed by atoms with Gasteiger partial charge in [0, 0.05) is 26.1 Å². The first kappa shape index (κ1) is 29.4. The number of aliphatic hydroxyl groups excluding tert-OH is 1. The Kier molecular flexibility index (Phi) is 11.3. The van der Waals surface area contributed by atoms with E-state index in [2.05, 4.69) is 13.8 Å². The second-order valence-electron chi connectivity index (χ2n) is 10.5. The number of rotatable bonds is 15. The molecule has 2 heterocycles. The van der Waals surface area contributed by atoms with Crippen molar-refractivity contribution in [2.45, 2.75) is 91.9 Å². The van der Waals surface area contributed by atoms with Crippen LogP contribution in [0.5, 0.6) is 0 Å². The summed E-state index contributed by atoms with van der Waals surface area (Å²) in [6.07, 6.45) is 8.14. The van der Waals surface area contributed by atoms with Crippen molar-refractivity contribution in [3.05, 3.63) is 64.2 Å². The van der Waals surface area contributed by atoms with E-state index in [4.69, 9.17) is 0 Å². The number of hydrogen-bond donors (Lipinski definition) is 2. The molecule has 7 heteroatoms. The Morgan fingerprint density at radius 1 is 0.771 bits per heavy atom. The fraction of sp³-hybridized carbons (Fsp3) is 0.607. The average molecular weight is 521 g/mol. The van der Waals surface area contributed by atoms with Gasteiger partial charge in [0.05, 0.1) is 5.41 Å². The standard InChI is InChI=1S/C28H40O5S2/c1-5-28(4,19-29)14-8-12-25-18-21(31)16-23(35-25)10-6-9-22-15-20(30)17-24(34-22)11-7-13-27(2,3)26(32)33/h15-18,29H,5-14,19H2,1-4H3,(H,32,33). The number of aryl methyl sites for hydroxylation is 4. The Balaban J connectivity index is 1.91. The summed E-state index contributed by atoms with van der Waals surface area (Å²) in [7, 11) is 0. The zero-order chi connectivity index (χ0) is 26.1. The summed E-state index contributed by atoms with van der Waals surface area (Å²) in [5.74, 6) is -0.796. The van der Waals surface area contributed by atoms with Gasteiger partial charge in [0.25, 0.3) is 0 Å². The van der Waals surface area contributed by atoms with Crippen LogP contribution >= 0.6 is 22.7 Å². The number of aliphatic carboxylic acids is 1. The first-order chi connectivity index (χ1) is 16.5. The lowest BCUT2D eigenvalue weighted by molar-refractivity contribution is -0.147. The van der Waals surface area contributed by atoms with Gasteiger partial charge in [0.15, 0.2) is 10.9 Å². The van der Waals surface area contributed by atoms with Gasteiger partial charge in [0.1, 0.15) is 0 Å². The van der Waals surface area contributed by atoms with Crippen LogP contribution in [0.25, 0.3) is 0 Å². The molecule has 1 unspecified atom stereocenters. The van der Waals surface area contributed by atoms with Crippen LogP contribution in [-0.2, 0) is 30.5 Å². The van der Waals surface area contributed by atoms with Gasteiger partial charge in [-0.05, 0) is 108 Å². The molecule has 1 atom stereocenters. The number of carboxylic acids is 1. The van der Waals surface area contributed by atoms with E-state index in [1.165, 1.54) is 0 Å². The third kappa shape index (κ3) is 9.98. The topological polar surface area (TPSA) is 91.7 Å². The van der Waals surface area contributed by atoms with E-state index >= 15 is 0 Å². The maximum absolute atomic E-state index is 12.2. The van der Waals surface area contributed by atoms with Crippen molar-refractivity contribution in [3.63, 3.8) is 0 Å². The normalized spacial score (nSPS) is 13.5. The van der Waals surface area contributed by atoms with Crippen LogP contribution in [-0.4, -0.2) is 22.8 Å². The number of hydrogen-bond acceptors (Lipinski definition) is 6. The first-order valence-corrected chi connectivity index (χ1v) is 14.2. The summed E-state index contributed by atoms with van der Waals surface area (Å²) in [4.78, 5) is 39.9. The van der Waals surface area contributed by atoms with E-state index in [0.717, 1.165) is 70.9 Å². The predicted molar refractivity (Wildman–Crippen MR) is 146 cm³/mol. The fourth-order valence-corrected chi connectivity index (χ4v) is 6.33. The minimum atomic E-state index is -0.796. The van der Waals surface area contributed by atoms with E-state index in [1.54, 1.807) is 60.8 Å². The smallest absolute Gasteiger partial charge is 0.309 e. The third-order valence-electron chi connectivity index (χ3n) is 6.83. The molecular weight excluding hydrogens is 480 g/mol. The summed E-state index contributed by atoms with van der Waals surface area (Å²) in [6, 6.07) is 6.82. The molecule has 35 heavy (non-hydrogen) atoms. The molecule has 0 aliphatic carbocycles. The monoisotopic (exact) mass is 520 g/mol. The Bertz CT molecular complexity index is 1080. The van der Waals surface area contributed by atoms with Crippen LogP contribution < -0.4 is 10.9 Å². The highest BCUT2D eigenvalue weighted by Crippen LogP contribution is 2.28. The molecule has 0 saturated carbocycles. The summed E-state index contributed by atoms with van der Waals surface area (Å²) < 4.78 is 0. The van der Waals surface area contributed by atoms with E-state index in [1.807, 2.05) is 0 Å². The van der Waals surface area contributed by atoms with Crippen molar-refractivity contribution in [2.75, 3.05) is 6.61 Å². The summed E-state index contributed by atoms with van der Waals surface area (Å²) in [6.45, 7) is 7.85. The summed E-state index contributed by atoms with van der Waals surface area (Å²) in [5.41, 5.74) is -0.761. The lowest BCUT2D eigenvalue weighted by Crippen LogP contribution is -2.23. The van der Waals surface area contributed by atoms with Crippen molar-refractivity contribution in [2.24, 2.45) is 10.8 Å². The Labute approximate surface area is 216 Å². The van der Waals surface area contributed by atoms with Gasteiger partial charge in [0.2, 0.25) is 0 Å². The van der Waals surface area contributed by atoms with Gasteiger partial charge in [-0.2, -0.15) is 0 Å². The molecule has 2 aromatic rings. The van der Waals surface area contributed by atoms with Gasteiger partial charge < -0.3 is 10.2 Å². The molecule has 0 radical (unpaired) electrons. The van der Waals surface area contributed by atoms with Gasteiger partial charge in [-0.3, -0.25) is 14.4 Å². The van der Waals surface area contributed by atoms with Crippen molar-refractivity contribution in [3.8, 4) is 0 Å². The number of aliphatic hydroxyl groups is 1. The lowest BCUT2D eigenvalue weighted by atomic mass is 9.83. The molecule has 0 bridgehead atoms. The van der Waals surface area contributed by atoms with Crippen LogP contribution in [0.2, 0.25) is 0 Å². The molecule has 0 spiro atoms. The molecule has 0 fully saturated rings. The maximum atomic E-state index is 12.2. The molecule has 0 aromatic carbocycles. The Morgan fingerprint density at radius 3 is 1.54 bits per heavy atom. The van der Waals surface area contributed by atoms with Gasteiger partial charge in [-0.15, -0.1) is 22.7 Å². The van der Waals surface area contributed by atoms with E-state index in [0.29, 0.717) is 12.8 Å². The molecule has 5 nitrogen and oxygen atoms in total. The summed E-state index contributed by atoms with van der Waals surface area (Å²) >= 11 is 3.32. The van der Waals surface area contributed by atoms with Crippen LogP contribution in [0.4, 0.5) is 0 Å². The first-order valence-electron chi connectivity index (χ1n) is 12.6. The van der Waals surface area contributed by atoms with Gasteiger partial charge >= 0.3 is 5.97 Å². The highest BCUT2D eigenvalue weighted by atomic mass is 32.1. The van der Waals surface area contributed by atoms with Crippen LogP contribution in [0.1, 0.15) is 85.7 Å². The van der Waals surface area contributed by atoms with Gasteiger partial charge in [-0.25, -0.2) is 0 Å². The number of carboxylic acid groups (broad SMARTS) is 1. The third-order valence-corrected chi connectivity index (χ3v) is 9.16. The summed E-state index contributed by atoms with van der Waals surface area (Å²) in [5, 5.41) is 18.9. The van der Waals surface area contributed by atoms with Crippen LogP contribution in [0.3, 0.4) is 0 Å². The van der Waals surface area contributed by atoms with Crippen molar-refractivity contribution >= 4 is 28.6 Å². The molecule has 194 valence electrons. The molecule has 0 aliphatic heterocycles. The number of carbonyl (C=O) groups is 1. The lowest BCUT2D eigenvalue weighted by Gasteiger charge is -2.25. The second kappa shape index (κ2) is 13.5. The van der Waals surface area contributed by atoms with E-state index in [-0.39, 0.29) is 22.9 Å².